The Bertz CT molecular complexity index is 574. The number of halogens is 1. The Kier molecular flexibility index (Phi) is 5.67. The Labute approximate surface area is 137 Å². The number of hydrogen-bond acceptors (Lipinski definition) is 5. The minimum Gasteiger partial charge on any atom is -0.444 e. The van der Waals surface area contributed by atoms with Gasteiger partial charge >= 0.3 is 6.09 Å². The third kappa shape index (κ3) is 5.23. The quantitative estimate of drug-likeness (QED) is 0.789. The van der Waals surface area contributed by atoms with Gasteiger partial charge in [0.15, 0.2) is 5.82 Å². The van der Waals surface area contributed by atoms with E-state index >= 15 is 0 Å². The smallest absolute Gasteiger partial charge is 0.410 e. The lowest BCUT2D eigenvalue weighted by molar-refractivity contribution is 0.0125. The number of likely N-dealkylation sites (tertiary alicyclic amines) is 1. The van der Waals surface area contributed by atoms with Gasteiger partial charge in [-0.05, 0) is 40.0 Å². The van der Waals surface area contributed by atoms with Gasteiger partial charge < -0.3 is 9.64 Å². The van der Waals surface area contributed by atoms with E-state index in [0.29, 0.717) is 6.54 Å². The minimum atomic E-state index is -1.49. The number of hydrogen-bond donors (Lipinski definition) is 0. The molecule has 1 aliphatic rings. The number of carbonyl (C=O) groups is 1. The van der Waals surface area contributed by atoms with Crippen molar-refractivity contribution in [3.05, 3.63) is 18.2 Å². The van der Waals surface area contributed by atoms with Crippen LogP contribution < -0.4 is 0 Å². The van der Waals surface area contributed by atoms with Crippen molar-refractivity contribution in [2.45, 2.75) is 56.8 Å². The summed E-state index contributed by atoms with van der Waals surface area (Å²) < 4.78 is 30.6. The number of ether oxygens (including phenoxy) is 1. The summed E-state index contributed by atoms with van der Waals surface area (Å²) in [5, 5.41) is 0.0844. The summed E-state index contributed by atoms with van der Waals surface area (Å²) in [5.74, 6) is -0.343. The fourth-order valence-corrected chi connectivity index (χ4v) is 3.59. The molecule has 128 valence electrons. The molecule has 2 atom stereocenters. The maximum atomic E-state index is 12.8. The van der Waals surface area contributed by atoms with Crippen LogP contribution in [-0.2, 0) is 15.5 Å². The summed E-state index contributed by atoms with van der Waals surface area (Å²) in [4.78, 5) is 21.4. The lowest BCUT2D eigenvalue weighted by atomic mass is 10.0. The average Bonchev–Trinajstić information content (AvgIpc) is 2.46. The molecule has 1 aromatic rings. The molecule has 0 saturated carbocycles. The van der Waals surface area contributed by atoms with Crippen LogP contribution >= 0.6 is 0 Å². The van der Waals surface area contributed by atoms with Gasteiger partial charge in [-0.1, -0.05) is 0 Å². The van der Waals surface area contributed by atoms with Gasteiger partial charge in [0.1, 0.15) is 5.60 Å². The molecule has 1 aromatic heterocycles. The van der Waals surface area contributed by atoms with Gasteiger partial charge in [-0.3, -0.25) is 4.21 Å². The van der Waals surface area contributed by atoms with E-state index in [1.165, 1.54) is 0 Å². The number of rotatable bonds is 3. The van der Waals surface area contributed by atoms with E-state index in [0.717, 1.165) is 31.7 Å². The summed E-state index contributed by atoms with van der Waals surface area (Å²) >= 11 is 0. The molecule has 6 nitrogen and oxygen atoms in total. The van der Waals surface area contributed by atoms with Crippen LogP contribution in [0.4, 0.5) is 9.18 Å². The fraction of sp³-hybridized carbons (Fsp3) is 0.667. The molecule has 23 heavy (non-hydrogen) atoms. The SMILES string of the molecule is CC(C)(C)OC(=O)N1CCCCC1CS(=O)c1ncc(F)cn1. The van der Waals surface area contributed by atoms with E-state index in [9.17, 15) is 13.4 Å². The number of amides is 1. The summed E-state index contributed by atoms with van der Waals surface area (Å²) in [6.07, 6.45) is 4.21. The highest BCUT2D eigenvalue weighted by Crippen LogP contribution is 2.22. The highest BCUT2D eigenvalue weighted by molar-refractivity contribution is 7.84. The van der Waals surface area contributed by atoms with Crippen LogP contribution in [0.1, 0.15) is 40.0 Å². The van der Waals surface area contributed by atoms with Gasteiger partial charge in [0.05, 0.1) is 28.9 Å². The van der Waals surface area contributed by atoms with Gasteiger partial charge in [0.2, 0.25) is 5.16 Å². The molecule has 1 aliphatic heterocycles. The van der Waals surface area contributed by atoms with Gasteiger partial charge in [-0.25, -0.2) is 19.2 Å². The lowest BCUT2D eigenvalue weighted by Crippen LogP contribution is -2.48. The Morgan fingerprint density at radius 1 is 1.39 bits per heavy atom. The fourth-order valence-electron chi connectivity index (χ4n) is 2.40. The van der Waals surface area contributed by atoms with E-state index in [-0.39, 0.29) is 23.0 Å². The van der Waals surface area contributed by atoms with Crippen LogP contribution in [0.15, 0.2) is 17.6 Å². The van der Waals surface area contributed by atoms with Crippen LogP contribution in [0, 0.1) is 5.82 Å². The first-order valence-corrected chi connectivity index (χ1v) is 8.94. The minimum absolute atomic E-state index is 0.0844. The largest absolute Gasteiger partial charge is 0.444 e. The van der Waals surface area contributed by atoms with E-state index in [4.69, 9.17) is 4.74 Å². The Morgan fingerprint density at radius 2 is 2.04 bits per heavy atom. The van der Waals surface area contributed by atoms with Crippen molar-refractivity contribution in [2.75, 3.05) is 12.3 Å². The zero-order chi connectivity index (χ0) is 17.0. The van der Waals surface area contributed by atoms with Gasteiger partial charge in [0, 0.05) is 12.6 Å². The molecule has 0 bridgehead atoms. The maximum absolute atomic E-state index is 12.8. The second-order valence-corrected chi connectivity index (χ2v) is 7.91. The van der Waals surface area contributed by atoms with Crippen molar-refractivity contribution in [3.63, 3.8) is 0 Å². The third-order valence-corrected chi connectivity index (χ3v) is 4.70. The molecule has 1 saturated heterocycles. The number of aromatic nitrogens is 2. The molecule has 0 radical (unpaired) electrons. The molecule has 2 rings (SSSR count). The molecule has 2 unspecified atom stereocenters. The Balaban J connectivity index is 2.04. The number of piperidine rings is 1. The van der Waals surface area contributed by atoms with Crippen molar-refractivity contribution in [3.8, 4) is 0 Å². The van der Waals surface area contributed by atoms with Crippen LogP contribution in [0.2, 0.25) is 0 Å². The monoisotopic (exact) mass is 343 g/mol. The van der Waals surface area contributed by atoms with E-state index in [1.54, 1.807) is 4.90 Å². The van der Waals surface area contributed by atoms with Crippen molar-refractivity contribution < 1.29 is 18.1 Å². The predicted molar refractivity (Wildman–Crippen MR) is 83.8 cm³/mol. The van der Waals surface area contributed by atoms with E-state index in [1.807, 2.05) is 20.8 Å². The average molecular weight is 343 g/mol. The first-order chi connectivity index (χ1) is 10.8. The topological polar surface area (TPSA) is 72.4 Å². The standard InChI is InChI=1S/C15H22FN3O3S/c1-15(2,3)22-14(20)19-7-5-4-6-12(19)10-23(21)13-17-8-11(16)9-18-13/h8-9,12H,4-7,10H2,1-3H3. The van der Waals surface area contributed by atoms with Crippen molar-refractivity contribution in [2.24, 2.45) is 0 Å². The molecule has 1 fully saturated rings. The zero-order valence-corrected chi connectivity index (χ0v) is 14.4. The van der Waals surface area contributed by atoms with Crippen molar-refractivity contribution >= 4 is 16.9 Å². The molecule has 0 aromatic carbocycles. The second kappa shape index (κ2) is 7.33. The first kappa shape index (κ1) is 17.8. The molecule has 0 aliphatic carbocycles. The van der Waals surface area contributed by atoms with E-state index in [2.05, 4.69) is 9.97 Å². The normalized spacial score (nSPS) is 20.2. The van der Waals surface area contributed by atoms with Gasteiger partial charge in [0.25, 0.3) is 0 Å². The molecule has 0 spiro atoms. The summed E-state index contributed by atoms with van der Waals surface area (Å²) in [6, 6.07) is -0.187. The van der Waals surface area contributed by atoms with Crippen molar-refractivity contribution in [1.82, 2.24) is 14.9 Å². The Morgan fingerprint density at radius 3 is 2.65 bits per heavy atom. The molecule has 0 N–H and O–H groups in total. The van der Waals surface area contributed by atoms with E-state index < -0.39 is 22.2 Å². The summed E-state index contributed by atoms with van der Waals surface area (Å²) in [5.41, 5.74) is -0.571. The molecular formula is C15H22FN3O3S. The van der Waals surface area contributed by atoms with Crippen LogP contribution in [0.25, 0.3) is 0 Å². The first-order valence-electron chi connectivity index (χ1n) is 7.62. The zero-order valence-electron chi connectivity index (χ0n) is 13.6. The third-order valence-electron chi connectivity index (χ3n) is 3.40. The van der Waals surface area contributed by atoms with Crippen molar-refractivity contribution in [1.29, 1.82) is 0 Å². The maximum Gasteiger partial charge on any atom is 0.410 e. The molecule has 1 amide bonds. The lowest BCUT2D eigenvalue weighted by Gasteiger charge is -2.36. The molecule has 2 heterocycles. The van der Waals surface area contributed by atoms with Crippen LogP contribution in [0.5, 0.6) is 0 Å². The van der Waals surface area contributed by atoms with Crippen LogP contribution in [0.3, 0.4) is 0 Å². The highest BCUT2D eigenvalue weighted by Gasteiger charge is 2.32. The number of carbonyl (C=O) groups excluding carboxylic acids is 1. The Hall–Kier alpha value is -1.57. The number of nitrogens with zero attached hydrogens (tertiary/aromatic N) is 3. The molecule has 8 heteroatoms. The van der Waals surface area contributed by atoms with Gasteiger partial charge in [-0.2, -0.15) is 0 Å². The predicted octanol–water partition coefficient (Wildman–Crippen LogP) is 2.51. The second-order valence-electron chi connectivity index (χ2n) is 6.52. The summed E-state index contributed by atoms with van der Waals surface area (Å²) in [7, 11) is -1.49. The summed E-state index contributed by atoms with van der Waals surface area (Å²) in [6.45, 7) is 6.03. The van der Waals surface area contributed by atoms with Crippen LogP contribution in [-0.4, -0.2) is 49.1 Å². The highest BCUT2D eigenvalue weighted by atomic mass is 32.2. The van der Waals surface area contributed by atoms with Gasteiger partial charge in [-0.15, -0.1) is 0 Å². The molecular weight excluding hydrogens is 321 g/mol.